The highest BCUT2D eigenvalue weighted by Crippen LogP contribution is 2.17. The summed E-state index contributed by atoms with van der Waals surface area (Å²) in [6.07, 6.45) is 4.44. The van der Waals surface area contributed by atoms with E-state index in [2.05, 4.69) is 4.98 Å². The van der Waals surface area contributed by atoms with E-state index in [0.29, 0.717) is 16.3 Å². The summed E-state index contributed by atoms with van der Waals surface area (Å²) in [5.74, 6) is -0.410. The third-order valence-corrected chi connectivity index (χ3v) is 3.70. The predicted octanol–water partition coefficient (Wildman–Crippen LogP) is 3.12. The predicted molar refractivity (Wildman–Crippen MR) is 91.6 cm³/mol. The lowest BCUT2D eigenvalue weighted by molar-refractivity contribution is -0.686. The van der Waals surface area contributed by atoms with Gasteiger partial charge in [0, 0.05) is 10.6 Å². The zero-order valence-electron chi connectivity index (χ0n) is 13.1. The maximum absolute atomic E-state index is 12.4. The fraction of sp³-hybridized carbons (Fsp3) is 0.0526. The molecule has 0 spiro atoms. The van der Waals surface area contributed by atoms with Gasteiger partial charge in [-0.3, -0.25) is 9.78 Å². The van der Waals surface area contributed by atoms with Gasteiger partial charge in [-0.2, -0.15) is 4.57 Å². The molecule has 0 bridgehead atoms. The number of Topliss-reactive ketones (excluding diaryl/α,β-unsaturated/α-hetero) is 1. The molecule has 1 heterocycles. The summed E-state index contributed by atoms with van der Waals surface area (Å²) in [6, 6.07) is 15.4. The second kappa shape index (κ2) is 7.68. The highest BCUT2D eigenvalue weighted by Gasteiger charge is 2.24. The van der Waals surface area contributed by atoms with Crippen LogP contribution in [0.25, 0.3) is 0 Å². The number of carbonyl (C=O) groups excluding carboxylic acids is 2. The van der Waals surface area contributed by atoms with Gasteiger partial charge in [0.25, 0.3) is 0 Å². The lowest BCUT2D eigenvalue weighted by Gasteiger charge is -2.05. The summed E-state index contributed by atoms with van der Waals surface area (Å²) in [6.45, 7) is 0.00646. The van der Waals surface area contributed by atoms with Crippen molar-refractivity contribution < 1.29 is 18.9 Å². The van der Waals surface area contributed by atoms with Gasteiger partial charge in [0.1, 0.15) is 11.9 Å². The summed E-state index contributed by atoms with van der Waals surface area (Å²) < 4.78 is 6.82. The molecular weight excluding hydrogens is 340 g/mol. The number of ether oxygens (including phenoxy) is 1. The minimum atomic E-state index is -0.615. The Labute approximate surface area is 149 Å². The molecule has 0 atom stereocenters. The highest BCUT2D eigenvalue weighted by atomic mass is 35.5. The summed E-state index contributed by atoms with van der Waals surface area (Å²) in [5, 5.41) is 0.462. The smallest absolute Gasteiger partial charge is 0.410 e. The number of halogens is 1. The Hall–Kier alpha value is -3.05. The van der Waals surface area contributed by atoms with Crippen molar-refractivity contribution in [3.8, 4) is 5.75 Å². The first-order valence-corrected chi connectivity index (χ1v) is 7.91. The maximum Gasteiger partial charge on any atom is 0.410 e. The number of aromatic nitrogens is 2. The zero-order valence-corrected chi connectivity index (χ0v) is 13.9. The molecule has 6 heteroatoms. The van der Waals surface area contributed by atoms with Gasteiger partial charge in [0.05, 0.1) is 6.20 Å². The normalized spacial score (nSPS) is 10.3. The van der Waals surface area contributed by atoms with E-state index in [1.807, 2.05) is 6.07 Å². The third kappa shape index (κ3) is 4.28. The van der Waals surface area contributed by atoms with Crippen LogP contribution in [0.3, 0.4) is 0 Å². The quantitative estimate of drug-likeness (QED) is 0.306. The molecule has 1 aromatic heterocycles. The van der Waals surface area contributed by atoms with Crippen molar-refractivity contribution in [1.29, 1.82) is 0 Å². The summed E-state index contributed by atoms with van der Waals surface area (Å²) in [5.41, 5.74) is 0.743. The Balaban J connectivity index is 1.81. The minimum Gasteiger partial charge on any atom is -0.418 e. The van der Waals surface area contributed by atoms with E-state index in [1.165, 1.54) is 23.0 Å². The SMILES string of the molecule is O=C(C[n+]1ccncc1C(=O)Oc1cccc(Cl)c1)c1ccccc1. The average Bonchev–Trinajstić information content (AvgIpc) is 2.63. The molecule has 124 valence electrons. The Morgan fingerprint density at radius 1 is 1.08 bits per heavy atom. The molecule has 0 saturated heterocycles. The van der Waals surface area contributed by atoms with Crippen LogP contribution in [0.1, 0.15) is 20.8 Å². The lowest BCUT2D eigenvalue weighted by Crippen LogP contribution is -2.44. The van der Waals surface area contributed by atoms with Crippen molar-refractivity contribution in [2.45, 2.75) is 6.54 Å². The molecule has 0 amide bonds. The van der Waals surface area contributed by atoms with E-state index < -0.39 is 5.97 Å². The van der Waals surface area contributed by atoms with Crippen LogP contribution in [-0.2, 0) is 6.54 Å². The van der Waals surface area contributed by atoms with Gasteiger partial charge in [0.2, 0.25) is 12.3 Å². The van der Waals surface area contributed by atoms with Crippen LogP contribution in [0, 0.1) is 0 Å². The molecule has 0 radical (unpaired) electrons. The van der Waals surface area contributed by atoms with Crippen LogP contribution < -0.4 is 9.30 Å². The van der Waals surface area contributed by atoms with Crippen LogP contribution in [0.4, 0.5) is 0 Å². The molecular formula is C19H14ClN2O3+. The maximum atomic E-state index is 12.4. The molecule has 0 N–H and O–H groups in total. The molecule has 3 aromatic rings. The van der Waals surface area contributed by atoms with Crippen LogP contribution in [-0.4, -0.2) is 16.7 Å². The number of ketones is 1. The Bertz CT molecular complexity index is 913. The van der Waals surface area contributed by atoms with Crippen molar-refractivity contribution in [3.63, 3.8) is 0 Å². The van der Waals surface area contributed by atoms with Crippen LogP contribution in [0.2, 0.25) is 5.02 Å². The van der Waals surface area contributed by atoms with E-state index in [9.17, 15) is 9.59 Å². The number of hydrogen-bond acceptors (Lipinski definition) is 4. The second-order valence-corrected chi connectivity index (χ2v) is 5.66. The van der Waals surface area contributed by atoms with E-state index in [-0.39, 0.29) is 18.0 Å². The van der Waals surface area contributed by atoms with Gasteiger partial charge in [0.15, 0.2) is 6.20 Å². The first-order valence-electron chi connectivity index (χ1n) is 7.53. The number of carbonyl (C=O) groups is 2. The van der Waals surface area contributed by atoms with E-state index >= 15 is 0 Å². The largest absolute Gasteiger partial charge is 0.418 e. The van der Waals surface area contributed by atoms with Gasteiger partial charge < -0.3 is 4.74 Å². The van der Waals surface area contributed by atoms with Crippen molar-refractivity contribution >= 4 is 23.4 Å². The molecule has 0 aliphatic rings. The molecule has 2 aromatic carbocycles. The van der Waals surface area contributed by atoms with Gasteiger partial charge in [-0.05, 0) is 18.2 Å². The molecule has 0 aliphatic heterocycles. The number of rotatable bonds is 5. The molecule has 0 unspecified atom stereocenters. The molecule has 3 rings (SSSR count). The molecule has 0 saturated carbocycles. The summed E-state index contributed by atoms with van der Waals surface area (Å²) >= 11 is 5.89. The van der Waals surface area contributed by atoms with E-state index in [1.54, 1.807) is 48.7 Å². The lowest BCUT2D eigenvalue weighted by atomic mass is 10.1. The van der Waals surface area contributed by atoms with Gasteiger partial charge in [-0.1, -0.05) is 48.0 Å². The van der Waals surface area contributed by atoms with Crippen molar-refractivity contribution in [3.05, 3.63) is 89.5 Å². The van der Waals surface area contributed by atoms with E-state index in [0.717, 1.165) is 0 Å². The van der Waals surface area contributed by atoms with Gasteiger partial charge in [-0.15, -0.1) is 0 Å². The van der Waals surface area contributed by atoms with Crippen LogP contribution >= 0.6 is 11.6 Å². The Morgan fingerprint density at radius 3 is 2.64 bits per heavy atom. The molecule has 0 fully saturated rings. The van der Waals surface area contributed by atoms with Gasteiger partial charge >= 0.3 is 11.7 Å². The van der Waals surface area contributed by atoms with Crippen molar-refractivity contribution in [2.75, 3.05) is 0 Å². The second-order valence-electron chi connectivity index (χ2n) is 5.23. The molecule has 0 aliphatic carbocycles. The zero-order chi connectivity index (χ0) is 17.6. The third-order valence-electron chi connectivity index (χ3n) is 3.46. The number of nitrogens with zero attached hydrogens (tertiary/aromatic N) is 2. The highest BCUT2D eigenvalue weighted by molar-refractivity contribution is 6.30. The van der Waals surface area contributed by atoms with E-state index in [4.69, 9.17) is 16.3 Å². The fourth-order valence-electron chi connectivity index (χ4n) is 2.25. The standard InChI is InChI=1S/C19H14ClN2O3/c20-15-7-4-8-16(11-15)25-19(24)17-12-21-9-10-22(17)13-18(23)14-5-2-1-3-6-14/h1-12H,13H2/q+1. The number of hydrogen-bond donors (Lipinski definition) is 0. The Kier molecular flexibility index (Phi) is 5.16. The van der Waals surface area contributed by atoms with Crippen LogP contribution in [0.15, 0.2) is 73.2 Å². The Morgan fingerprint density at radius 2 is 1.88 bits per heavy atom. The molecule has 25 heavy (non-hydrogen) atoms. The number of benzene rings is 2. The van der Waals surface area contributed by atoms with Gasteiger partial charge in [-0.25, -0.2) is 4.79 Å². The minimum absolute atomic E-state index is 0.00646. The number of esters is 1. The monoisotopic (exact) mass is 353 g/mol. The fourth-order valence-corrected chi connectivity index (χ4v) is 2.44. The van der Waals surface area contributed by atoms with Crippen molar-refractivity contribution in [1.82, 2.24) is 4.98 Å². The summed E-state index contributed by atoms with van der Waals surface area (Å²) in [7, 11) is 0. The topological polar surface area (TPSA) is 60.1 Å². The average molecular weight is 354 g/mol. The van der Waals surface area contributed by atoms with Crippen molar-refractivity contribution in [2.24, 2.45) is 0 Å². The molecule has 5 nitrogen and oxygen atoms in total. The summed E-state index contributed by atoms with van der Waals surface area (Å²) in [4.78, 5) is 28.8. The van der Waals surface area contributed by atoms with Crippen LogP contribution in [0.5, 0.6) is 5.75 Å². The first-order chi connectivity index (χ1) is 12.1. The first kappa shape index (κ1) is 16.8.